The van der Waals surface area contributed by atoms with Crippen molar-refractivity contribution in [2.75, 3.05) is 13.2 Å². The van der Waals surface area contributed by atoms with E-state index in [1.165, 1.54) is 154 Å². The molecule has 0 aliphatic heterocycles. The van der Waals surface area contributed by atoms with Crippen molar-refractivity contribution in [3.63, 3.8) is 0 Å². The average Bonchev–Trinajstić information content (AvgIpc) is 3.15. The lowest BCUT2D eigenvalue weighted by Gasteiger charge is -2.18. The van der Waals surface area contributed by atoms with Gasteiger partial charge in [0.2, 0.25) is 0 Å². The Labute approximate surface area is 342 Å². The maximum Gasteiger partial charge on any atom is 0.306 e. The summed E-state index contributed by atoms with van der Waals surface area (Å²) in [4.78, 5) is 37.8. The minimum absolute atomic E-state index is 0.0646. The number of hydrogen-bond acceptors (Lipinski definition) is 6. The summed E-state index contributed by atoms with van der Waals surface area (Å²) in [6.45, 7) is 11.3. The summed E-state index contributed by atoms with van der Waals surface area (Å²) < 4.78 is 16.7. The van der Waals surface area contributed by atoms with Gasteiger partial charge in [-0.3, -0.25) is 14.4 Å². The Kier molecular flexibility index (Phi) is 40.8. The molecule has 6 nitrogen and oxygen atoms in total. The normalized spacial score (nSPS) is 12.1. The van der Waals surface area contributed by atoms with E-state index in [4.69, 9.17) is 14.2 Å². The van der Waals surface area contributed by atoms with Gasteiger partial charge in [-0.25, -0.2) is 0 Å². The fourth-order valence-corrected chi connectivity index (χ4v) is 7.28. The second kappa shape index (κ2) is 42.0. The molecular formula is C49H94O6. The Balaban J connectivity index is 4.32. The molecule has 0 aromatic rings. The Morgan fingerprint density at radius 2 is 0.600 bits per heavy atom. The SMILES string of the molecule is CCCCCCCCCCCCCCCC(=O)OC[C@H](COC(=O)CCCCCCCCCC(C)C)OC(=O)CCCCCCCCCCCCCC(C)C. The molecule has 0 saturated carbocycles. The molecular weight excluding hydrogens is 685 g/mol. The maximum atomic E-state index is 12.7. The van der Waals surface area contributed by atoms with Crippen molar-refractivity contribution in [2.24, 2.45) is 11.8 Å². The predicted octanol–water partition coefficient (Wildman–Crippen LogP) is 15.4. The smallest absolute Gasteiger partial charge is 0.306 e. The van der Waals surface area contributed by atoms with Crippen molar-refractivity contribution < 1.29 is 28.6 Å². The number of hydrogen-bond donors (Lipinski definition) is 0. The molecule has 0 aromatic carbocycles. The first kappa shape index (κ1) is 53.4. The molecule has 0 unspecified atom stereocenters. The van der Waals surface area contributed by atoms with Gasteiger partial charge in [0.1, 0.15) is 13.2 Å². The minimum atomic E-state index is -0.761. The van der Waals surface area contributed by atoms with Gasteiger partial charge < -0.3 is 14.2 Å². The first-order valence-electron chi connectivity index (χ1n) is 24.2. The van der Waals surface area contributed by atoms with Gasteiger partial charge in [0.05, 0.1) is 0 Å². The number of unbranched alkanes of at least 4 members (excludes halogenated alkanes) is 28. The first-order chi connectivity index (χ1) is 26.7. The number of ether oxygens (including phenoxy) is 3. The molecule has 0 radical (unpaired) electrons. The molecule has 1 atom stereocenters. The van der Waals surface area contributed by atoms with Crippen molar-refractivity contribution in [1.82, 2.24) is 0 Å². The average molecular weight is 779 g/mol. The Morgan fingerprint density at radius 3 is 0.891 bits per heavy atom. The van der Waals surface area contributed by atoms with E-state index in [1.54, 1.807) is 0 Å². The van der Waals surface area contributed by atoms with Crippen LogP contribution >= 0.6 is 0 Å². The van der Waals surface area contributed by atoms with E-state index in [0.717, 1.165) is 69.6 Å². The van der Waals surface area contributed by atoms with Crippen molar-refractivity contribution >= 4 is 17.9 Å². The van der Waals surface area contributed by atoms with E-state index < -0.39 is 6.10 Å². The molecule has 0 aromatic heterocycles. The Hall–Kier alpha value is -1.59. The highest BCUT2D eigenvalue weighted by Crippen LogP contribution is 2.17. The van der Waals surface area contributed by atoms with Crippen LogP contribution in [0.4, 0.5) is 0 Å². The van der Waals surface area contributed by atoms with Crippen LogP contribution in [0.5, 0.6) is 0 Å². The molecule has 0 spiro atoms. The van der Waals surface area contributed by atoms with Gasteiger partial charge in [-0.05, 0) is 31.1 Å². The van der Waals surface area contributed by atoms with E-state index in [1.807, 2.05) is 0 Å². The van der Waals surface area contributed by atoms with Gasteiger partial charge >= 0.3 is 17.9 Å². The number of carbonyl (C=O) groups excluding carboxylic acids is 3. The molecule has 0 bridgehead atoms. The lowest BCUT2D eigenvalue weighted by molar-refractivity contribution is -0.167. The standard InChI is InChI=1S/C49H94O6/c1-6-7-8-9-10-11-12-13-16-19-24-29-34-39-47(50)53-42-46(43-54-48(51)40-35-30-26-21-23-28-33-38-45(4)5)55-49(52)41-36-31-25-20-17-14-15-18-22-27-32-37-44(2)3/h44-46H,6-43H2,1-5H3/t46-/m1/s1. The monoisotopic (exact) mass is 779 g/mol. The van der Waals surface area contributed by atoms with Crippen LogP contribution in [-0.2, 0) is 28.6 Å². The van der Waals surface area contributed by atoms with E-state index in [0.29, 0.717) is 19.3 Å². The maximum absolute atomic E-state index is 12.7. The summed E-state index contributed by atoms with van der Waals surface area (Å²) in [7, 11) is 0. The molecule has 326 valence electrons. The largest absolute Gasteiger partial charge is 0.462 e. The van der Waals surface area contributed by atoms with Gasteiger partial charge in [0, 0.05) is 19.3 Å². The van der Waals surface area contributed by atoms with Crippen LogP contribution in [-0.4, -0.2) is 37.2 Å². The third kappa shape index (κ3) is 43.4. The second-order valence-corrected chi connectivity index (χ2v) is 17.7. The molecule has 0 rings (SSSR count). The molecule has 0 N–H and O–H groups in total. The third-order valence-corrected chi connectivity index (χ3v) is 11.0. The highest BCUT2D eigenvalue weighted by atomic mass is 16.6. The van der Waals surface area contributed by atoms with Crippen LogP contribution in [0.3, 0.4) is 0 Å². The fraction of sp³-hybridized carbons (Fsp3) is 0.939. The number of esters is 3. The van der Waals surface area contributed by atoms with Crippen LogP contribution in [0.1, 0.15) is 266 Å². The van der Waals surface area contributed by atoms with Crippen molar-refractivity contribution in [2.45, 2.75) is 272 Å². The minimum Gasteiger partial charge on any atom is -0.462 e. The zero-order chi connectivity index (χ0) is 40.5. The molecule has 0 fully saturated rings. The zero-order valence-corrected chi connectivity index (χ0v) is 37.6. The van der Waals surface area contributed by atoms with Crippen LogP contribution in [0.15, 0.2) is 0 Å². The van der Waals surface area contributed by atoms with E-state index in [9.17, 15) is 14.4 Å². The summed E-state index contributed by atoms with van der Waals surface area (Å²) in [6.07, 6.45) is 40.9. The van der Waals surface area contributed by atoms with E-state index >= 15 is 0 Å². The van der Waals surface area contributed by atoms with Gasteiger partial charge in [-0.1, -0.05) is 227 Å². The summed E-state index contributed by atoms with van der Waals surface area (Å²) in [5, 5.41) is 0. The van der Waals surface area contributed by atoms with Crippen LogP contribution in [0.2, 0.25) is 0 Å². The molecule has 0 aliphatic carbocycles. The topological polar surface area (TPSA) is 78.9 Å². The second-order valence-electron chi connectivity index (χ2n) is 17.7. The molecule has 0 heterocycles. The van der Waals surface area contributed by atoms with Gasteiger partial charge in [0.25, 0.3) is 0 Å². The molecule has 0 saturated heterocycles. The van der Waals surface area contributed by atoms with Gasteiger partial charge in [-0.2, -0.15) is 0 Å². The predicted molar refractivity (Wildman–Crippen MR) is 233 cm³/mol. The Morgan fingerprint density at radius 1 is 0.345 bits per heavy atom. The molecule has 55 heavy (non-hydrogen) atoms. The van der Waals surface area contributed by atoms with Crippen LogP contribution < -0.4 is 0 Å². The summed E-state index contributed by atoms with van der Waals surface area (Å²) in [5.74, 6) is 0.751. The summed E-state index contributed by atoms with van der Waals surface area (Å²) in [5.41, 5.74) is 0. The summed E-state index contributed by atoms with van der Waals surface area (Å²) in [6, 6.07) is 0. The molecule has 0 amide bonds. The highest BCUT2D eigenvalue weighted by molar-refractivity contribution is 5.71. The van der Waals surface area contributed by atoms with Crippen LogP contribution in [0.25, 0.3) is 0 Å². The third-order valence-electron chi connectivity index (χ3n) is 11.0. The van der Waals surface area contributed by atoms with E-state index in [-0.39, 0.29) is 31.1 Å². The quantitative estimate of drug-likeness (QED) is 0.0348. The van der Waals surface area contributed by atoms with Crippen molar-refractivity contribution in [3.05, 3.63) is 0 Å². The zero-order valence-electron chi connectivity index (χ0n) is 37.6. The molecule has 0 aliphatic rings. The highest BCUT2D eigenvalue weighted by Gasteiger charge is 2.19. The van der Waals surface area contributed by atoms with Crippen LogP contribution in [0, 0.1) is 11.8 Å². The van der Waals surface area contributed by atoms with Gasteiger partial charge in [0.15, 0.2) is 6.10 Å². The lowest BCUT2D eigenvalue weighted by atomic mass is 10.0. The Bertz CT molecular complexity index is 839. The first-order valence-corrected chi connectivity index (χ1v) is 24.2. The number of rotatable bonds is 43. The van der Waals surface area contributed by atoms with Gasteiger partial charge in [-0.15, -0.1) is 0 Å². The fourth-order valence-electron chi connectivity index (χ4n) is 7.28. The summed E-state index contributed by atoms with van der Waals surface area (Å²) >= 11 is 0. The molecule has 6 heteroatoms. The lowest BCUT2D eigenvalue weighted by Crippen LogP contribution is -2.30. The van der Waals surface area contributed by atoms with Crippen molar-refractivity contribution in [1.29, 1.82) is 0 Å². The number of carbonyl (C=O) groups is 3. The van der Waals surface area contributed by atoms with E-state index in [2.05, 4.69) is 34.6 Å². The van der Waals surface area contributed by atoms with Crippen molar-refractivity contribution in [3.8, 4) is 0 Å².